The molecule has 1 aromatic rings. The maximum atomic E-state index is 12.8. The number of carboxylic acid groups (broad SMARTS) is 1. The number of nitrogens with zero attached hydrogens (tertiary/aromatic N) is 1. The highest BCUT2D eigenvalue weighted by Gasteiger charge is 2.30. The van der Waals surface area contributed by atoms with E-state index in [1.165, 1.54) is 22.5 Å². The van der Waals surface area contributed by atoms with Crippen molar-refractivity contribution in [2.45, 2.75) is 37.5 Å². The molecular weight excluding hydrogens is 346 g/mol. The van der Waals surface area contributed by atoms with E-state index >= 15 is 0 Å². The molecule has 0 atom stereocenters. The summed E-state index contributed by atoms with van der Waals surface area (Å²) in [5.74, 6) is -0.712. The van der Waals surface area contributed by atoms with Crippen LogP contribution in [0.4, 0.5) is 0 Å². The minimum absolute atomic E-state index is 0.0330. The molecule has 0 spiro atoms. The molecule has 0 amide bonds. The average molecular weight is 371 g/mol. The molecule has 0 saturated carbocycles. The molecule has 0 unspecified atom stereocenters. The smallest absolute Gasteiger partial charge is 0.339 e. The Kier molecular flexibility index (Phi) is 6.80. The number of benzene rings is 1. The van der Waals surface area contributed by atoms with Crippen molar-refractivity contribution in [3.05, 3.63) is 23.8 Å². The minimum Gasteiger partial charge on any atom is -0.493 e. The molecule has 0 aromatic heterocycles. The summed E-state index contributed by atoms with van der Waals surface area (Å²) in [5, 5.41) is 18.3. The lowest BCUT2D eigenvalue weighted by molar-refractivity contribution is 0.0692. The van der Waals surface area contributed by atoms with Gasteiger partial charge in [0, 0.05) is 19.7 Å². The topological polar surface area (TPSA) is 104 Å². The highest BCUT2D eigenvalue weighted by Crippen LogP contribution is 2.28. The van der Waals surface area contributed by atoms with E-state index in [1.807, 2.05) is 6.92 Å². The highest BCUT2D eigenvalue weighted by atomic mass is 32.2. The molecule has 140 valence electrons. The lowest BCUT2D eigenvalue weighted by Crippen LogP contribution is -2.38. The Hall–Kier alpha value is -1.64. The molecule has 0 radical (unpaired) electrons. The van der Waals surface area contributed by atoms with E-state index in [-0.39, 0.29) is 22.8 Å². The van der Waals surface area contributed by atoms with Crippen molar-refractivity contribution in [1.29, 1.82) is 0 Å². The number of hydrogen-bond acceptors (Lipinski definition) is 5. The Morgan fingerprint density at radius 2 is 2.00 bits per heavy atom. The second-order valence-corrected chi connectivity index (χ2v) is 8.11. The Bertz CT molecular complexity index is 695. The van der Waals surface area contributed by atoms with E-state index in [9.17, 15) is 18.3 Å². The van der Waals surface area contributed by atoms with Crippen LogP contribution < -0.4 is 4.74 Å². The summed E-state index contributed by atoms with van der Waals surface area (Å²) < 4.78 is 32.4. The van der Waals surface area contributed by atoms with Gasteiger partial charge in [-0.1, -0.05) is 6.92 Å². The van der Waals surface area contributed by atoms with E-state index in [1.54, 1.807) is 0 Å². The van der Waals surface area contributed by atoms with Gasteiger partial charge in [0.05, 0.1) is 11.5 Å². The molecule has 7 nitrogen and oxygen atoms in total. The van der Waals surface area contributed by atoms with Crippen LogP contribution in [0, 0.1) is 5.92 Å². The number of aliphatic hydroxyl groups is 1. The third-order valence-electron chi connectivity index (χ3n) is 4.39. The van der Waals surface area contributed by atoms with Gasteiger partial charge in [0.25, 0.3) is 0 Å². The van der Waals surface area contributed by atoms with Crippen LogP contribution in [0.15, 0.2) is 23.1 Å². The zero-order valence-electron chi connectivity index (χ0n) is 14.3. The second kappa shape index (κ2) is 8.64. The van der Waals surface area contributed by atoms with Crippen molar-refractivity contribution in [2.24, 2.45) is 5.92 Å². The average Bonchev–Trinajstić information content (AvgIpc) is 2.60. The number of aliphatic hydroxyl groups excluding tert-OH is 1. The number of rotatable bonds is 8. The van der Waals surface area contributed by atoms with Crippen molar-refractivity contribution >= 4 is 16.0 Å². The van der Waals surface area contributed by atoms with Crippen LogP contribution in [0.25, 0.3) is 0 Å². The zero-order valence-corrected chi connectivity index (χ0v) is 15.2. The SMILES string of the molecule is CCCOc1ccc(S(=O)(=O)N2CCC(CCO)CC2)cc1C(=O)O. The maximum Gasteiger partial charge on any atom is 0.339 e. The maximum absolute atomic E-state index is 12.8. The number of aromatic carboxylic acids is 1. The van der Waals surface area contributed by atoms with Crippen molar-refractivity contribution in [3.63, 3.8) is 0 Å². The quantitative estimate of drug-likeness (QED) is 0.724. The van der Waals surface area contributed by atoms with Gasteiger partial charge < -0.3 is 14.9 Å². The lowest BCUT2D eigenvalue weighted by atomic mass is 9.95. The predicted octanol–water partition coefficient (Wildman–Crippen LogP) is 1.96. The minimum atomic E-state index is -3.74. The van der Waals surface area contributed by atoms with E-state index in [0.29, 0.717) is 44.9 Å². The molecule has 2 N–H and O–H groups in total. The van der Waals surface area contributed by atoms with Gasteiger partial charge in [-0.3, -0.25) is 0 Å². The zero-order chi connectivity index (χ0) is 18.4. The monoisotopic (exact) mass is 371 g/mol. The Morgan fingerprint density at radius 1 is 1.32 bits per heavy atom. The number of piperidine rings is 1. The number of sulfonamides is 1. The molecule has 1 aliphatic heterocycles. The molecule has 2 rings (SSSR count). The van der Waals surface area contributed by atoms with Crippen LogP contribution in [0.3, 0.4) is 0 Å². The lowest BCUT2D eigenvalue weighted by Gasteiger charge is -2.31. The molecule has 1 aromatic carbocycles. The van der Waals surface area contributed by atoms with E-state index in [2.05, 4.69) is 0 Å². The van der Waals surface area contributed by atoms with Crippen molar-refractivity contribution in [2.75, 3.05) is 26.3 Å². The molecule has 1 aliphatic rings. The highest BCUT2D eigenvalue weighted by molar-refractivity contribution is 7.89. The first kappa shape index (κ1) is 19.7. The van der Waals surface area contributed by atoms with Crippen molar-refractivity contribution in [1.82, 2.24) is 4.31 Å². The van der Waals surface area contributed by atoms with Crippen LogP contribution in [-0.2, 0) is 10.0 Å². The molecule has 0 bridgehead atoms. The summed E-state index contributed by atoms with van der Waals surface area (Å²) in [6.07, 6.45) is 2.80. The summed E-state index contributed by atoms with van der Waals surface area (Å²) >= 11 is 0. The molecule has 1 heterocycles. The summed E-state index contributed by atoms with van der Waals surface area (Å²) in [5.41, 5.74) is -0.148. The predicted molar refractivity (Wildman–Crippen MR) is 92.4 cm³/mol. The van der Waals surface area contributed by atoms with Gasteiger partial charge >= 0.3 is 5.97 Å². The van der Waals surface area contributed by atoms with Gasteiger partial charge in [-0.15, -0.1) is 0 Å². The van der Waals surface area contributed by atoms with E-state index in [4.69, 9.17) is 9.84 Å². The summed E-state index contributed by atoms with van der Waals surface area (Å²) in [6.45, 7) is 3.13. The second-order valence-electron chi connectivity index (χ2n) is 6.17. The summed E-state index contributed by atoms with van der Waals surface area (Å²) in [7, 11) is -3.74. The fourth-order valence-corrected chi connectivity index (χ4v) is 4.44. The number of ether oxygens (including phenoxy) is 1. The Morgan fingerprint density at radius 3 is 2.56 bits per heavy atom. The number of hydrogen-bond donors (Lipinski definition) is 2. The van der Waals surface area contributed by atoms with Crippen LogP contribution in [-0.4, -0.2) is 55.2 Å². The fourth-order valence-electron chi connectivity index (χ4n) is 2.94. The summed E-state index contributed by atoms with van der Waals surface area (Å²) in [4.78, 5) is 11.4. The van der Waals surface area contributed by atoms with Gasteiger partial charge in [-0.05, 0) is 49.8 Å². The van der Waals surface area contributed by atoms with Gasteiger partial charge in [0.15, 0.2) is 0 Å². The van der Waals surface area contributed by atoms with Crippen LogP contribution >= 0.6 is 0 Å². The fraction of sp³-hybridized carbons (Fsp3) is 0.588. The van der Waals surface area contributed by atoms with Gasteiger partial charge in [-0.2, -0.15) is 4.31 Å². The van der Waals surface area contributed by atoms with Crippen LogP contribution in [0.5, 0.6) is 5.75 Å². The van der Waals surface area contributed by atoms with Crippen molar-refractivity contribution in [3.8, 4) is 5.75 Å². The molecule has 0 aliphatic carbocycles. The van der Waals surface area contributed by atoms with Crippen molar-refractivity contribution < 1.29 is 28.2 Å². The first-order chi connectivity index (χ1) is 11.9. The number of carbonyl (C=O) groups is 1. The Labute approximate surface area is 148 Å². The number of carboxylic acids is 1. The molecule has 25 heavy (non-hydrogen) atoms. The normalized spacial score (nSPS) is 16.7. The van der Waals surface area contributed by atoms with E-state index in [0.717, 1.165) is 6.42 Å². The van der Waals surface area contributed by atoms with E-state index < -0.39 is 16.0 Å². The molecular formula is C17H25NO6S. The molecule has 1 saturated heterocycles. The third-order valence-corrected chi connectivity index (χ3v) is 6.29. The van der Waals surface area contributed by atoms with Crippen LogP contribution in [0.1, 0.15) is 43.0 Å². The molecule has 8 heteroatoms. The summed E-state index contributed by atoms with van der Waals surface area (Å²) in [6, 6.07) is 3.97. The first-order valence-electron chi connectivity index (χ1n) is 8.51. The first-order valence-corrected chi connectivity index (χ1v) is 9.95. The Balaban J connectivity index is 2.22. The van der Waals surface area contributed by atoms with Crippen LogP contribution in [0.2, 0.25) is 0 Å². The third kappa shape index (κ3) is 4.71. The molecule has 1 fully saturated rings. The largest absolute Gasteiger partial charge is 0.493 e. The standard InChI is InChI=1S/C17H25NO6S/c1-2-11-24-16-4-3-14(12-15(16)17(20)21)25(22,23)18-8-5-13(6-9-18)7-10-19/h3-4,12-13,19H,2,5-11H2,1H3,(H,20,21). The van der Waals surface area contributed by atoms with Gasteiger partial charge in [0.2, 0.25) is 10.0 Å². The van der Waals surface area contributed by atoms with Gasteiger partial charge in [-0.25, -0.2) is 13.2 Å². The van der Waals surface area contributed by atoms with Gasteiger partial charge in [0.1, 0.15) is 11.3 Å².